The molecule has 1 amide bonds. The molecule has 5 rings (SSSR count). The van der Waals surface area contributed by atoms with Crippen LogP contribution in [0.5, 0.6) is 0 Å². The van der Waals surface area contributed by atoms with Crippen LogP contribution < -0.4 is 10.3 Å². The molecule has 0 saturated heterocycles. The van der Waals surface area contributed by atoms with E-state index in [4.69, 9.17) is 9.15 Å². The molecule has 0 fully saturated rings. The first-order chi connectivity index (χ1) is 16.7. The lowest BCUT2D eigenvalue weighted by molar-refractivity contribution is 0.0600. The number of halogens is 1. The smallest absolute Gasteiger partial charge is 0.337 e. The number of rotatable bonds is 4. The Labute approximate surface area is 211 Å². The highest BCUT2D eigenvalue weighted by Crippen LogP contribution is 2.43. The quantitative estimate of drug-likeness (QED) is 0.257. The number of amides is 1. The van der Waals surface area contributed by atoms with E-state index < -0.39 is 17.9 Å². The molecule has 0 N–H and O–H groups in total. The Morgan fingerprint density at radius 1 is 1.14 bits per heavy atom. The van der Waals surface area contributed by atoms with Gasteiger partial charge in [0.15, 0.2) is 16.3 Å². The number of methoxy groups -OCH3 is 1. The van der Waals surface area contributed by atoms with Crippen molar-refractivity contribution in [1.29, 1.82) is 0 Å². The number of ether oxygens (including phenoxy) is 1. The second-order valence-corrected chi connectivity index (χ2v) is 9.87. The molecule has 0 aliphatic carbocycles. The minimum atomic E-state index is -0.866. The van der Waals surface area contributed by atoms with Gasteiger partial charge in [-0.3, -0.25) is 19.3 Å². The number of hydrogen-bond donors (Lipinski definition) is 0. The van der Waals surface area contributed by atoms with Gasteiger partial charge in [-0.25, -0.2) is 9.78 Å². The van der Waals surface area contributed by atoms with E-state index in [1.54, 1.807) is 49.4 Å². The number of fused-ring (bicyclic) bond motifs is 2. The number of carbonyl (C=O) groups excluding carboxylic acids is 3. The van der Waals surface area contributed by atoms with Gasteiger partial charge in [-0.2, -0.15) is 0 Å². The van der Waals surface area contributed by atoms with Gasteiger partial charge in [0.05, 0.1) is 40.2 Å². The fourth-order valence-corrected chi connectivity index (χ4v) is 5.54. The van der Waals surface area contributed by atoms with Crippen molar-refractivity contribution in [3.05, 3.63) is 90.2 Å². The normalized spacial score (nSPS) is 14.9. The van der Waals surface area contributed by atoms with Crippen molar-refractivity contribution in [2.75, 3.05) is 12.0 Å². The third-order valence-corrected chi connectivity index (χ3v) is 7.54. The molecule has 1 aliphatic heterocycles. The van der Waals surface area contributed by atoms with Crippen molar-refractivity contribution in [3.63, 3.8) is 0 Å². The molecule has 35 heavy (non-hydrogen) atoms. The van der Waals surface area contributed by atoms with E-state index in [-0.39, 0.29) is 33.3 Å². The van der Waals surface area contributed by atoms with Crippen LogP contribution in [-0.4, -0.2) is 29.8 Å². The molecule has 1 aliphatic rings. The predicted molar refractivity (Wildman–Crippen MR) is 133 cm³/mol. The summed E-state index contributed by atoms with van der Waals surface area (Å²) in [5.41, 5.74) is 1.50. The first-order valence-electron chi connectivity index (χ1n) is 10.5. The van der Waals surface area contributed by atoms with Crippen molar-refractivity contribution >= 4 is 61.0 Å². The average molecular weight is 553 g/mol. The molecule has 1 atom stereocenters. The first-order valence-corrected chi connectivity index (χ1v) is 12.1. The molecule has 1 unspecified atom stereocenters. The van der Waals surface area contributed by atoms with Gasteiger partial charge in [-0.05, 0) is 42.8 Å². The van der Waals surface area contributed by atoms with E-state index in [1.165, 1.54) is 18.9 Å². The zero-order valence-corrected chi connectivity index (χ0v) is 21.2. The molecule has 0 radical (unpaired) electrons. The summed E-state index contributed by atoms with van der Waals surface area (Å²) in [6, 6.07) is 10.6. The topological polar surface area (TPSA) is 107 Å². The minimum Gasteiger partial charge on any atom is -0.465 e. The Hall–Kier alpha value is -3.63. The van der Waals surface area contributed by atoms with Gasteiger partial charge in [-0.1, -0.05) is 39.4 Å². The summed E-state index contributed by atoms with van der Waals surface area (Å²) in [6.07, 6.45) is 0. The number of aromatic nitrogens is 1. The monoisotopic (exact) mass is 552 g/mol. The number of thiazole rings is 1. The fraction of sp³-hybridized carbons (Fsp3) is 0.160. The lowest BCUT2D eigenvalue weighted by atomic mass is 9.98. The van der Waals surface area contributed by atoms with Gasteiger partial charge in [0.2, 0.25) is 5.76 Å². The van der Waals surface area contributed by atoms with E-state index in [0.29, 0.717) is 31.6 Å². The fourth-order valence-electron chi connectivity index (χ4n) is 4.19. The first kappa shape index (κ1) is 23.1. The van der Waals surface area contributed by atoms with Crippen molar-refractivity contribution in [3.8, 4) is 0 Å². The van der Waals surface area contributed by atoms with Crippen LogP contribution in [0.15, 0.2) is 56.1 Å². The number of hydrogen-bond acceptors (Lipinski definition) is 8. The van der Waals surface area contributed by atoms with Gasteiger partial charge < -0.3 is 9.15 Å². The van der Waals surface area contributed by atoms with Crippen LogP contribution >= 0.6 is 27.3 Å². The highest BCUT2D eigenvalue weighted by atomic mass is 79.9. The van der Waals surface area contributed by atoms with Crippen LogP contribution in [-0.2, 0) is 4.74 Å². The Balaban J connectivity index is 1.77. The molecular formula is C25H17BrN2O6S. The molecule has 2 aromatic carbocycles. The van der Waals surface area contributed by atoms with Crippen molar-refractivity contribution in [2.24, 2.45) is 0 Å². The Morgan fingerprint density at radius 2 is 1.86 bits per heavy atom. The molecule has 10 heteroatoms. The van der Waals surface area contributed by atoms with Crippen molar-refractivity contribution < 1.29 is 23.5 Å². The lowest BCUT2D eigenvalue weighted by Crippen LogP contribution is -2.29. The molecule has 3 heterocycles. The van der Waals surface area contributed by atoms with Crippen LogP contribution in [0.3, 0.4) is 0 Å². The Bertz CT molecular complexity index is 1600. The molecule has 0 saturated carbocycles. The molecule has 176 valence electrons. The minimum absolute atomic E-state index is 0.0795. The summed E-state index contributed by atoms with van der Waals surface area (Å²) in [7, 11) is 1.29. The predicted octanol–water partition coefficient (Wildman–Crippen LogP) is 5.06. The van der Waals surface area contributed by atoms with E-state index in [1.807, 2.05) is 0 Å². The van der Waals surface area contributed by atoms with Crippen LogP contribution in [0, 0.1) is 6.92 Å². The number of aryl methyl sites for hydroxylation is 1. The number of Topliss-reactive ketones (excluding diaryl/α,β-unsaturated/α-hetero) is 1. The molecule has 8 nitrogen and oxygen atoms in total. The number of carbonyl (C=O) groups is 3. The highest BCUT2D eigenvalue weighted by molar-refractivity contribution is 9.10. The largest absolute Gasteiger partial charge is 0.465 e. The van der Waals surface area contributed by atoms with Gasteiger partial charge in [0.1, 0.15) is 5.58 Å². The second-order valence-electron chi connectivity index (χ2n) is 7.97. The van der Waals surface area contributed by atoms with Gasteiger partial charge in [-0.15, -0.1) is 0 Å². The zero-order chi connectivity index (χ0) is 25.0. The number of ketones is 1. The number of anilines is 1. The Morgan fingerprint density at radius 3 is 2.49 bits per heavy atom. The molecule has 0 spiro atoms. The third kappa shape index (κ3) is 3.69. The third-order valence-electron chi connectivity index (χ3n) is 5.79. The summed E-state index contributed by atoms with van der Waals surface area (Å²) >= 11 is 4.46. The van der Waals surface area contributed by atoms with Gasteiger partial charge in [0, 0.05) is 11.4 Å². The van der Waals surface area contributed by atoms with Crippen LogP contribution in [0.1, 0.15) is 60.4 Å². The van der Waals surface area contributed by atoms with Crippen LogP contribution in [0.2, 0.25) is 0 Å². The van der Waals surface area contributed by atoms with Gasteiger partial charge >= 0.3 is 5.97 Å². The zero-order valence-electron chi connectivity index (χ0n) is 18.7. The number of nitrogens with zero attached hydrogens (tertiary/aromatic N) is 2. The molecule has 0 bridgehead atoms. The highest BCUT2D eigenvalue weighted by Gasteiger charge is 2.45. The molecular weight excluding hydrogens is 536 g/mol. The van der Waals surface area contributed by atoms with E-state index >= 15 is 0 Å². The van der Waals surface area contributed by atoms with Crippen molar-refractivity contribution in [2.45, 2.75) is 19.9 Å². The summed E-state index contributed by atoms with van der Waals surface area (Å²) in [4.78, 5) is 57.6. The van der Waals surface area contributed by atoms with E-state index in [0.717, 1.165) is 11.3 Å². The number of esters is 1. The van der Waals surface area contributed by atoms with Crippen LogP contribution in [0.25, 0.3) is 11.0 Å². The maximum Gasteiger partial charge on any atom is 0.337 e. The summed E-state index contributed by atoms with van der Waals surface area (Å²) in [5.74, 6) is -1.29. The summed E-state index contributed by atoms with van der Waals surface area (Å²) < 4.78 is 11.4. The Kier molecular flexibility index (Phi) is 5.65. The van der Waals surface area contributed by atoms with E-state index in [9.17, 15) is 19.2 Å². The van der Waals surface area contributed by atoms with Crippen LogP contribution in [0.4, 0.5) is 5.13 Å². The summed E-state index contributed by atoms with van der Waals surface area (Å²) in [5, 5.41) is 0.597. The van der Waals surface area contributed by atoms with Gasteiger partial charge in [0.25, 0.3) is 5.91 Å². The number of benzene rings is 2. The summed E-state index contributed by atoms with van der Waals surface area (Å²) in [6.45, 7) is 3.13. The SMILES string of the molecule is COC(=O)c1ccc(C2c3c(oc4ccc(Br)cc4c3=O)C(=O)N2c2nc(C)c(C(C)=O)s2)cc1. The lowest BCUT2D eigenvalue weighted by Gasteiger charge is -2.22. The maximum absolute atomic E-state index is 13.7. The molecule has 2 aromatic heterocycles. The average Bonchev–Trinajstić information content (AvgIpc) is 3.37. The maximum atomic E-state index is 13.7. The standard InChI is InChI=1S/C25H17BrN2O6S/c1-11-22(12(2)29)35-25(27-11)28-19(13-4-6-14(7-5-13)24(32)33-3)18-20(30)16-10-15(26)8-9-17(16)34-21(18)23(28)31/h4-10,19H,1-3H3. The van der Waals surface area contributed by atoms with E-state index in [2.05, 4.69) is 20.9 Å². The molecule has 4 aromatic rings. The second kappa shape index (κ2) is 8.54. The van der Waals surface area contributed by atoms with Crippen molar-refractivity contribution in [1.82, 2.24) is 4.98 Å².